The van der Waals surface area contributed by atoms with E-state index in [2.05, 4.69) is 84.7 Å². The number of benzene rings is 2. The number of pyridine rings is 3. The predicted octanol–water partition coefficient (Wildman–Crippen LogP) is 7.80. The van der Waals surface area contributed by atoms with Gasteiger partial charge in [0.15, 0.2) is 0 Å². The van der Waals surface area contributed by atoms with Crippen LogP contribution in [0.3, 0.4) is 0 Å². The third kappa shape index (κ3) is 11.1. The van der Waals surface area contributed by atoms with Crippen LogP contribution in [-0.2, 0) is 0 Å². The highest BCUT2D eigenvalue weighted by Crippen LogP contribution is 2.28. The van der Waals surface area contributed by atoms with Crippen molar-refractivity contribution in [3.8, 4) is 34.2 Å². The van der Waals surface area contributed by atoms with E-state index in [-0.39, 0.29) is 25.6 Å². The summed E-state index contributed by atoms with van der Waals surface area (Å²) in [5, 5.41) is 28.0. The normalized spacial score (nSPS) is 18.6. The van der Waals surface area contributed by atoms with Crippen molar-refractivity contribution in [1.29, 1.82) is 0 Å². The second-order valence-corrected chi connectivity index (χ2v) is 17.9. The van der Waals surface area contributed by atoms with Crippen molar-refractivity contribution >= 4 is 39.5 Å². The van der Waals surface area contributed by atoms with E-state index >= 15 is 0 Å². The number of rotatable bonds is 9. The first-order chi connectivity index (χ1) is 32.8. The molecule has 3 aliphatic rings. The number of aromatic nitrogens is 9. The number of imidazole rings is 3. The molecule has 11 rings (SSSR count). The van der Waals surface area contributed by atoms with Gasteiger partial charge in [0.05, 0.1) is 22.1 Å². The van der Waals surface area contributed by atoms with Crippen LogP contribution in [0, 0.1) is 30.5 Å². The number of H-pyrrole nitrogens is 3. The number of aryl methyl sites for hydroxylation is 1. The van der Waals surface area contributed by atoms with Gasteiger partial charge in [0.25, 0.3) is 0 Å². The molecule has 0 saturated carbocycles. The van der Waals surface area contributed by atoms with Gasteiger partial charge >= 0.3 is 0 Å². The number of halogens is 1. The highest BCUT2D eigenvalue weighted by Gasteiger charge is 2.23. The standard InChI is InChI=1S/C19H22N4O.C18H19FN4O.C14H18N4O/c1-13-4-6-16-17(9-13)22-19(21-16)15-5-7-18(20-10-15)23-8-2-3-14(11-23)12-24;19-14-4-5-15-16(8-14)22-18(21-15)13-3-6-17(20-9-13)23-7-1-2-12(10-23)11-24;19-10-11-2-1-7-18(9-11)13-4-3-12(8-17-13)14-15-5-6-16-14/h4-7,9-10,14,24H,2-3,8,11-12H2,1H3,(H,21,22);3-6,8-9,12,24H,1-2,7,10-11H2,(H,21,22);3-6,8,11,19H,1-2,7,9-10H2,(H,15,16). The zero-order valence-electron chi connectivity index (χ0n) is 37.9. The van der Waals surface area contributed by atoms with E-state index in [4.69, 9.17) is 0 Å². The molecule has 2 aromatic carbocycles. The van der Waals surface area contributed by atoms with Crippen LogP contribution in [0.5, 0.6) is 0 Å². The number of anilines is 3. The number of aromatic amines is 3. The molecule has 3 aliphatic heterocycles. The van der Waals surface area contributed by atoms with E-state index in [9.17, 15) is 19.7 Å². The number of fused-ring (bicyclic) bond motifs is 2. The van der Waals surface area contributed by atoms with Gasteiger partial charge in [-0.05, 0) is 135 Å². The van der Waals surface area contributed by atoms with Crippen LogP contribution in [-0.4, -0.2) is 119 Å². The van der Waals surface area contributed by atoms with E-state index in [1.165, 1.54) is 17.7 Å². The van der Waals surface area contributed by atoms with Gasteiger partial charge in [0.1, 0.15) is 40.7 Å². The van der Waals surface area contributed by atoms with Crippen molar-refractivity contribution < 1.29 is 19.7 Å². The number of nitrogens with zero attached hydrogens (tertiary/aromatic N) is 9. The van der Waals surface area contributed by atoms with Gasteiger partial charge in [0.2, 0.25) is 0 Å². The largest absolute Gasteiger partial charge is 0.396 e. The number of aliphatic hydroxyl groups is 3. The summed E-state index contributed by atoms with van der Waals surface area (Å²) in [6, 6.07) is 22.8. The quantitative estimate of drug-likeness (QED) is 0.0825. The summed E-state index contributed by atoms with van der Waals surface area (Å²) in [6.45, 7) is 8.43. The fourth-order valence-corrected chi connectivity index (χ4v) is 9.21. The minimum atomic E-state index is -0.283. The molecule has 0 spiro atoms. The van der Waals surface area contributed by atoms with E-state index in [1.54, 1.807) is 24.7 Å². The minimum Gasteiger partial charge on any atom is -0.396 e. The number of hydrogen-bond donors (Lipinski definition) is 6. The summed E-state index contributed by atoms with van der Waals surface area (Å²) in [4.78, 5) is 43.3. The van der Waals surface area contributed by atoms with Crippen molar-refractivity contribution in [1.82, 2.24) is 44.9 Å². The zero-order chi connectivity index (χ0) is 46.1. The Balaban J connectivity index is 0.000000127. The molecule has 3 unspecified atom stereocenters. The van der Waals surface area contributed by atoms with E-state index in [0.717, 1.165) is 140 Å². The maximum Gasteiger partial charge on any atom is 0.140 e. The molecular weight excluding hydrogens is 848 g/mol. The maximum atomic E-state index is 13.3. The van der Waals surface area contributed by atoms with Gasteiger partial charge < -0.3 is 45.0 Å². The maximum absolute atomic E-state index is 13.3. The van der Waals surface area contributed by atoms with Gasteiger partial charge in [-0.25, -0.2) is 34.3 Å². The molecule has 6 N–H and O–H groups in total. The Morgan fingerprint density at radius 2 is 1.00 bits per heavy atom. The first kappa shape index (κ1) is 45.4. The predicted molar refractivity (Wildman–Crippen MR) is 261 cm³/mol. The zero-order valence-corrected chi connectivity index (χ0v) is 37.9. The highest BCUT2D eigenvalue weighted by molar-refractivity contribution is 5.80. The first-order valence-corrected chi connectivity index (χ1v) is 23.4. The second kappa shape index (κ2) is 21.3. The van der Waals surface area contributed by atoms with E-state index < -0.39 is 0 Å². The highest BCUT2D eigenvalue weighted by atomic mass is 19.1. The van der Waals surface area contributed by atoms with Crippen molar-refractivity contribution in [3.05, 3.63) is 115 Å². The van der Waals surface area contributed by atoms with Crippen molar-refractivity contribution in [3.63, 3.8) is 0 Å². The van der Waals surface area contributed by atoms with Crippen LogP contribution >= 0.6 is 0 Å². The number of nitrogens with one attached hydrogen (secondary N) is 3. The molecule has 0 amide bonds. The molecule has 15 nitrogen and oxygen atoms in total. The molecule has 6 aromatic heterocycles. The summed E-state index contributed by atoms with van der Waals surface area (Å²) >= 11 is 0. The monoisotopic (exact) mass is 906 g/mol. The molecule has 3 saturated heterocycles. The molecule has 67 heavy (non-hydrogen) atoms. The summed E-state index contributed by atoms with van der Waals surface area (Å²) in [6.07, 6.45) is 15.6. The molecule has 348 valence electrons. The fraction of sp³-hybridized carbons (Fsp3) is 0.373. The molecule has 0 aliphatic carbocycles. The third-order valence-electron chi connectivity index (χ3n) is 12.9. The minimum absolute atomic E-state index is 0.226. The third-order valence-corrected chi connectivity index (χ3v) is 12.9. The van der Waals surface area contributed by atoms with Gasteiger partial charge in [-0.1, -0.05) is 6.07 Å². The smallest absolute Gasteiger partial charge is 0.140 e. The average molecular weight is 907 g/mol. The number of hydrogen-bond acceptors (Lipinski definition) is 12. The van der Waals surface area contributed by atoms with Crippen LogP contribution in [0.25, 0.3) is 56.2 Å². The molecule has 9 heterocycles. The Bertz CT molecular complexity index is 2650. The van der Waals surface area contributed by atoms with Gasteiger partial charge in [-0.3, -0.25) is 0 Å². The number of piperidine rings is 3. The number of aliphatic hydroxyl groups excluding tert-OH is 3. The SMILES string of the molecule is Cc1ccc2nc(-c3ccc(N4CCCC(CO)C4)nc3)[nH]c2c1.OCC1CCCN(c2ccc(-c3nc4ccc(F)cc4[nH]3)cn2)C1.OCC1CCCN(c2ccc(-c3ncc[nH]3)cn2)C1. The van der Waals surface area contributed by atoms with Gasteiger partial charge in [-0.2, -0.15) is 0 Å². The lowest BCUT2D eigenvalue weighted by Gasteiger charge is -2.32. The van der Waals surface area contributed by atoms with Crippen LogP contribution in [0.15, 0.2) is 104 Å². The Morgan fingerprint density at radius 3 is 1.42 bits per heavy atom. The van der Waals surface area contributed by atoms with Crippen molar-refractivity contribution in [2.75, 3.05) is 73.8 Å². The van der Waals surface area contributed by atoms with Crippen molar-refractivity contribution in [2.45, 2.75) is 45.4 Å². The van der Waals surface area contributed by atoms with E-state index in [0.29, 0.717) is 29.1 Å². The molecule has 16 heteroatoms. The molecule has 3 fully saturated rings. The summed E-state index contributed by atoms with van der Waals surface area (Å²) in [7, 11) is 0. The Labute approximate surface area is 389 Å². The lowest BCUT2D eigenvalue weighted by Crippen LogP contribution is -2.37. The Morgan fingerprint density at radius 1 is 0.552 bits per heavy atom. The van der Waals surface area contributed by atoms with Crippen LogP contribution in [0.1, 0.15) is 44.1 Å². The molecular formula is C51H59FN12O3. The summed E-state index contributed by atoms with van der Waals surface area (Å²) in [5.41, 5.74) is 7.50. The molecule has 3 atom stereocenters. The van der Waals surface area contributed by atoms with Crippen LogP contribution in [0.4, 0.5) is 21.8 Å². The van der Waals surface area contributed by atoms with Gasteiger partial charge in [0, 0.05) is 107 Å². The Hall–Kier alpha value is -6.75. The average Bonchev–Trinajstić information content (AvgIpc) is 4.18. The fourth-order valence-electron chi connectivity index (χ4n) is 9.21. The van der Waals surface area contributed by atoms with Crippen LogP contribution < -0.4 is 14.7 Å². The molecule has 0 bridgehead atoms. The first-order valence-electron chi connectivity index (χ1n) is 23.4. The lowest BCUT2D eigenvalue weighted by molar-refractivity contribution is 0.208. The Kier molecular flexibility index (Phi) is 14.4. The van der Waals surface area contributed by atoms with E-state index in [1.807, 2.05) is 48.8 Å². The molecule has 8 aromatic rings. The lowest BCUT2D eigenvalue weighted by atomic mass is 9.99. The topological polar surface area (TPSA) is 195 Å². The summed E-state index contributed by atoms with van der Waals surface area (Å²) in [5.74, 6) is 6.02. The van der Waals surface area contributed by atoms with Gasteiger partial charge in [-0.15, -0.1) is 0 Å². The summed E-state index contributed by atoms with van der Waals surface area (Å²) < 4.78 is 13.3. The van der Waals surface area contributed by atoms with Crippen LogP contribution in [0.2, 0.25) is 0 Å². The second-order valence-electron chi connectivity index (χ2n) is 17.9. The van der Waals surface area contributed by atoms with Crippen molar-refractivity contribution in [2.24, 2.45) is 17.8 Å². The molecule has 0 radical (unpaired) electrons.